The molecule has 1 saturated carbocycles. The average molecular weight is 380 g/mol. The van der Waals surface area contributed by atoms with Crippen molar-refractivity contribution in [1.82, 2.24) is 19.7 Å². The van der Waals surface area contributed by atoms with Gasteiger partial charge < -0.3 is 5.11 Å². The number of aromatic nitrogens is 4. The molecule has 2 unspecified atom stereocenters. The number of aryl methyl sites for hydroxylation is 1. The number of hydrogen-bond donors (Lipinski definition) is 2. The molecule has 136 valence electrons. The largest absolute Gasteiger partial charge is 0.383 e. The maximum atomic E-state index is 11.5. The molecule has 2 N–H and O–H groups in total. The van der Waals surface area contributed by atoms with Crippen LogP contribution in [0.2, 0.25) is 0 Å². The summed E-state index contributed by atoms with van der Waals surface area (Å²) < 4.78 is 4.94. The molecule has 0 amide bonds. The summed E-state index contributed by atoms with van der Waals surface area (Å²) in [4.78, 5) is 10.2. The van der Waals surface area contributed by atoms with Crippen LogP contribution in [-0.2, 0) is 12.6 Å². The molecule has 25 heavy (non-hydrogen) atoms. The van der Waals surface area contributed by atoms with Gasteiger partial charge in [-0.1, -0.05) is 20.3 Å². The highest BCUT2D eigenvalue weighted by Gasteiger charge is 2.44. The van der Waals surface area contributed by atoms with Crippen LogP contribution in [0.4, 0.5) is 5.95 Å². The van der Waals surface area contributed by atoms with E-state index in [2.05, 4.69) is 33.6 Å². The molecular weight excluding hydrogens is 354 g/mol. The molecule has 8 heteroatoms. The number of anilines is 1. The minimum absolute atomic E-state index is 0.180. The minimum atomic E-state index is -0.902. The fraction of sp³-hybridized carbons (Fsp3) is 0.588. The predicted octanol–water partition coefficient (Wildman–Crippen LogP) is 3.69. The summed E-state index contributed by atoms with van der Waals surface area (Å²) in [6.07, 6.45) is 8.90. The first kappa shape index (κ1) is 18.5. The Morgan fingerprint density at radius 3 is 2.60 bits per heavy atom. The molecule has 2 atom stereocenters. The molecular formula is C17H25N5OS2. The van der Waals surface area contributed by atoms with E-state index in [4.69, 9.17) is 0 Å². The highest BCUT2D eigenvalue weighted by atomic mass is 32.2. The highest BCUT2D eigenvalue weighted by Crippen LogP contribution is 2.45. The summed E-state index contributed by atoms with van der Waals surface area (Å²) >= 11 is 2.98. The third kappa shape index (κ3) is 3.80. The van der Waals surface area contributed by atoms with Crippen LogP contribution in [0.3, 0.4) is 0 Å². The lowest BCUT2D eigenvalue weighted by molar-refractivity contribution is -0.0927. The molecule has 2 aromatic rings. The van der Waals surface area contributed by atoms with Gasteiger partial charge in [-0.25, -0.2) is 9.97 Å². The lowest BCUT2D eigenvalue weighted by atomic mass is 9.68. The van der Waals surface area contributed by atoms with Crippen molar-refractivity contribution in [3.05, 3.63) is 24.2 Å². The Hall–Kier alpha value is -1.25. The lowest BCUT2D eigenvalue weighted by Gasteiger charge is -2.43. The van der Waals surface area contributed by atoms with Crippen molar-refractivity contribution in [3.8, 4) is 0 Å². The van der Waals surface area contributed by atoms with Gasteiger partial charge in [-0.2, -0.15) is 5.10 Å². The molecule has 0 aromatic carbocycles. The van der Waals surface area contributed by atoms with E-state index in [-0.39, 0.29) is 11.8 Å². The molecule has 0 aliphatic heterocycles. The fourth-order valence-electron chi connectivity index (χ4n) is 3.50. The zero-order valence-corrected chi connectivity index (χ0v) is 16.7. The Bertz CT molecular complexity index is 726. The van der Waals surface area contributed by atoms with Gasteiger partial charge in [0.1, 0.15) is 10.6 Å². The molecule has 0 saturated heterocycles. The van der Waals surface area contributed by atoms with Crippen LogP contribution < -0.4 is 4.72 Å². The molecule has 0 spiro atoms. The van der Waals surface area contributed by atoms with Crippen molar-refractivity contribution in [2.45, 2.75) is 48.6 Å². The molecule has 1 aliphatic carbocycles. The van der Waals surface area contributed by atoms with Crippen LogP contribution in [0.15, 0.2) is 28.4 Å². The quantitative estimate of drug-likeness (QED) is 0.466. The summed E-state index contributed by atoms with van der Waals surface area (Å²) in [7, 11) is 1.88. The van der Waals surface area contributed by atoms with Gasteiger partial charge in [-0.05, 0) is 48.9 Å². The molecule has 3 rings (SSSR count). The van der Waals surface area contributed by atoms with E-state index >= 15 is 0 Å². The van der Waals surface area contributed by atoms with Gasteiger partial charge in [-0.3, -0.25) is 9.40 Å². The molecule has 0 radical (unpaired) electrons. The number of thioether (sulfide) groups is 1. The third-order valence-electron chi connectivity index (χ3n) is 5.04. The normalized spacial score (nSPS) is 26.6. The summed E-state index contributed by atoms with van der Waals surface area (Å²) in [6.45, 7) is 4.24. The van der Waals surface area contributed by atoms with Gasteiger partial charge in [-0.15, -0.1) is 11.8 Å². The van der Waals surface area contributed by atoms with Crippen LogP contribution in [-0.4, -0.2) is 31.1 Å². The van der Waals surface area contributed by atoms with E-state index in [0.717, 1.165) is 34.9 Å². The zero-order valence-electron chi connectivity index (χ0n) is 15.1. The molecule has 2 aromatic heterocycles. The molecule has 6 nitrogen and oxygen atoms in total. The number of nitrogens with one attached hydrogen (secondary N) is 1. The van der Waals surface area contributed by atoms with E-state index in [1.807, 2.05) is 25.6 Å². The zero-order chi connectivity index (χ0) is 18.0. The Labute approximate surface area is 157 Å². The summed E-state index contributed by atoms with van der Waals surface area (Å²) in [5, 5.41) is 16.5. The van der Waals surface area contributed by atoms with Crippen LogP contribution in [0.25, 0.3) is 0 Å². The second-order valence-electron chi connectivity index (χ2n) is 6.73. The number of rotatable bonds is 5. The van der Waals surface area contributed by atoms with Gasteiger partial charge >= 0.3 is 0 Å². The number of nitrogens with zero attached hydrogens (tertiary/aromatic N) is 4. The van der Waals surface area contributed by atoms with E-state index in [9.17, 15) is 5.11 Å². The van der Waals surface area contributed by atoms with Crippen molar-refractivity contribution in [1.29, 1.82) is 0 Å². The first-order chi connectivity index (χ1) is 11.9. The predicted molar refractivity (Wildman–Crippen MR) is 103 cm³/mol. The van der Waals surface area contributed by atoms with E-state index in [0.29, 0.717) is 5.95 Å². The van der Waals surface area contributed by atoms with Crippen LogP contribution in [0.5, 0.6) is 0 Å². The lowest BCUT2D eigenvalue weighted by Crippen LogP contribution is -2.43. The van der Waals surface area contributed by atoms with Crippen molar-refractivity contribution in [2.75, 3.05) is 11.0 Å². The van der Waals surface area contributed by atoms with Crippen molar-refractivity contribution < 1.29 is 5.11 Å². The Kier molecular flexibility index (Phi) is 5.60. The van der Waals surface area contributed by atoms with E-state index in [1.54, 1.807) is 22.6 Å². The van der Waals surface area contributed by atoms with Crippen molar-refractivity contribution >= 4 is 29.7 Å². The second-order valence-corrected chi connectivity index (χ2v) is 8.44. The first-order valence-corrected chi connectivity index (χ1v) is 10.5. The highest BCUT2D eigenvalue weighted by molar-refractivity contribution is 8.00. The summed E-state index contributed by atoms with van der Waals surface area (Å²) in [6, 6.07) is 1.93. The van der Waals surface area contributed by atoms with E-state index < -0.39 is 5.60 Å². The summed E-state index contributed by atoms with van der Waals surface area (Å²) in [5.74, 6) is 0.883. The van der Waals surface area contributed by atoms with Crippen LogP contribution >= 0.6 is 23.7 Å². The van der Waals surface area contributed by atoms with Crippen molar-refractivity contribution in [2.24, 2.45) is 18.9 Å². The minimum Gasteiger partial charge on any atom is -0.383 e. The van der Waals surface area contributed by atoms with Crippen LogP contribution in [0.1, 0.15) is 38.8 Å². The van der Waals surface area contributed by atoms with Crippen molar-refractivity contribution in [3.63, 3.8) is 0 Å². The third-order valence-corrected chi connectivity index (χ3v) is 6.40. The molecule has 2 heterocycles. The average Bonchev–Trinajstić information content (AvgIpc) is 3.03. The van der Waals surface area contributed by atoms with Gasteiger partial charge in [0, 0.05) is 13.2 Å². The van der Waals surface area contributed by atoms with E-state index in [1.165, 1.54) is 11.9 Å². The van der Waals surface area contributed by atoms with Crippen LogP contribution in [0, 0.1) is 11.8 Å². The SMILES string of the molecule is CSc1cc(C2(O)C(C)CCCC2C)nc(NSc2cnn(C)c2)n1. The molecule has 1 aliphatic rings. The standard InChI is InChI=1S/C17H25N5OS2/c1-11-6-5-7-12(2)17(11,23)14-8-15(24-4)20-16(19-14)21-25-13-9-18-22(3)10-13/h8-12,23H,5-7H2,1-4H3,(H,19,20,21). The Morgan fingerprint density at radius 1 is 1.28 bits per heavy atom. The Morgan fingerprint density at radius 2 is 2.00 bits per heavy atom. The van der Waals surface area contributed by atoms with Gasteiger partial charge in [0.15, 0.2) is 0 Å². The summed E-state index contributed by atoms with van der Waals surface area (Å²) in [5.41, 5.74) is -0.179. The smallest absolute Gasteiger partial charge is 0.234 e. The maximum absolute atomic E-state index is 11.5. The monoisotopic (exact) mass is 379 g/mol. The number of aliphatic hydroxyl groups is 1. The molecule has 1 fully saturated rings. The number of hydrogen-bond acceptors (Lipinski definition) is 7. The second kappa shape index (κ2) is 7.55. The van der Waals surface area contributed by atoms with Gasteiger partial charge in [0.2, 0.25) is 5.95 Å². The Balaban J connectivity index is 1.89. The maximum Gasteiger partial charge on any atom is 0.234 e. The fourth-order valence-corrected chi connectivity index (χ4v) is 4.51. The molecule has 0 bridgehead atoms. The van der Waals surface area contributed by atoms with Gasteiger partial charge in [0.05, 0.1) is 16.8 Å². The topological polar surface area (TPSA) is 75.9 Å². The van der Waals surface area contributed by atoms with Gasteiger partial charge in [0.25, 0.3) is 0 Å². The first-order valence-electron chi connectivity index (χ1n) is 8.51.